The zero-order valence-corrected chi connectivity index (χ0v) is 16.4. The Hall–Kier alpha value is -3.75. The van der Waals surface area contributed by atoms with Crippen LogP contribution in [0.3, 0.4) is 0 Å². The summed E-state index contributed by atoms with van der Waals surface area (Å²) in [6.07, 6.45) is -0.289. The van der Waals surface area contributed by atoms with Gasteiger partial charge in [0.05, 0.1) is 18.7 Å². The lowest BCUT2D eigenvalue weighted by atomic mass is 10.1. The van der Waals surface area contributed by atoms with E-state index in [9.17, 15) is 23.2 Å². The molecule has 0 aliphatic carbocycles. The molecule has 1 amide bonds. The summed E-state index contributed by atoms with van der Waals surface area (Å²) in [5.41, 5.74) is 0.212. The number of hydrogen-bond acceptors (Lipinski definition) is 4. The number of nitrogens with one attached hydrogen (secondary N) is 1. The van der Waals surface area contributed by atoms with Crippen LogP contribution in [0.1, 0.15) is 22.4 Å². The normalized spacial score (nSPS) is 13.0. The van der Waals surface area contributed by atoms with E-state index in [1.165, 1.54) is 11.0 Å². The second-order valence-corrected chi connectivity index (χ2v) is 7.23. The minimum Gasteiger partial charge on any atom is -0.445 e. The molecular weight excluding hydrogens is 408 g/mol. The van der Waals surface area contributed by atoms with Crippen LogP contribution in [0.5, 0.6) is 0 Å². The molecule has 0 bridgehead atoms. The first-order chi connectivity index (χ1) is 14.9. The summed E-state index contributed by atoms with van der Waals surface area (Å²) in [5, 5.41) is 0. The van der Waals surface area contributed by atoms with Crippen molar-refractivity contribution in [1.82, 2.24) is 14.5 Å². The Morgan fingerprint density at radius 1 is 1.10 bits per heavy atom. The Labute approximate surface area is 175 Å². The van der Waals surface area contributed by atoms with Gasteiger partial charge in [-0.05, 0) is 11.6 Å². The van der Waals surface area contributed by atoms with Crippen molar-refractivity contribution in [1.29, 1.82) is 0 Å². The largest absolute Gasteiger partial charge is 0.445 e. The van der Waals surface area contributed by atoms with Crippen molar-refractivity contribution in [2.45, 2.75) is 26.1 Å². The molecule has 1 aliphatic rings. The molecule has 4 rings (SSSR count). The minimum absolute atomic E-state index is 0.00360. The molecular formula is C22H19F2N3O4. The van der Waals surface area contributed by atoms with E-state index >= 15 is 0 Å². The topological polar surface area (TPSA) is 84.4 Å². The van der Waals surface area contributed by atoms with Crippen LogP contribution >= 0.6 is 0 Å². The first kappa shape index (κ1) is 20.5. The van der Waals surface area contributed by atoms with Gasteiger partial charge in [0.25, 0.3) is 5.56 Å². The molecule has 1 N–H and O–H groups in total. The van der Waals surface area contributed by atoms with Gasteiger partial charge in [-0.2, -0.15) is 0 Å². The zero-order chi connectivity index (χ0) is 22.0. The lowest BCUT2D eigenvalue weighted by molar-refractivity contribution is 0.0912. The van der Waals surface area contributed by atoms with E-state index in [0.29, 0.717) is 11.8 Å². The van der Waals surface area contributed by atoms with E-state index in [-0.39, 0.29) is 43.8 Å². The maximum Gasteiger partial charge on any atom is 0.410 e. The molecule has 0 atom stereocenters. The number of fused-ring (bicyclic) bond motifs is 1. The molecule has 160 valence electrons. The fourth-order valence-corrected chi connectivity index (χ4v) is 3.48. The molecule has 7 nitrogen and oxygen atoms in total. The highest BCUT2D eigenvalue weighted by molar-refractivity contribution is 5.68. The Morgan fingerprint density at radius 3 is 2.61 bits per heavy atom. The van der Waals surface area contributed by atoms with Crippen molar-refractivity contribution < 1.29 is 18.3 Å². The summed E-state index contributed by atoms with van der Waals surface area (Å²) in [4.78, 5) is 41.8. The van der Waals surface area contributed by atoms with Gasteiger partial charge in [-0.15, -0.1) is 0 Å². The van der Waals surface area contributed by atoms with Crippen molar-refractivity contribution in [3.05, 3.63) is 103 Å². The molecule has 2 aromatic carbocycles. The van der Waals surface area contributed by atoms with Gasteiger partial charge < -0.3 is 14.6 Å². The number of nitrogens with zero attached hydrogens (tertiary/aromatic N) is 2. The number of rotatable bonds is 4. The second-order valence-electron chi connectivity index (χ2n) is 7.23. The summed E-state index contributed by atoms with van der Waals surface area (Å²) in [7, 11) is 0. The summed E-state index contributed by atoms with van der Waals surface area (Å²) in [6, 6.07) is 12.1. The number of H-pyrrole nitrogens is 1. The SMILES string of the molecule is O=C(OCc1ccccc1)N1CCc2[nH]c(=O)n(Cc3ccc(F)cc3F)c(=O)c2C1. The van der Waals surface area contributed by atoms with Gasteiger partial charge in [0, 0.05) is 30.3 Å². The van der Waals surface area contributed by atoms with E-state index < -0.39 is 29.0 Å². The third kappa shape index (κ3) is 4.40. The maximum atomic E-state index is 14.0. The number of halogens is 2. The monoisotopic (exact) mass is 427 g/mol. The van der Waals surface area contributed by atoms with E-state index in [4.69, 9.17) is 4.74 Å². The number of hydrogen-bond donors (Lipinski definition) is 1. The summed E-state index contributed by atoms with van der Waals surface area (Å²) >= 11 is 0. The molecule has 0 saturated carbocycles. The molecule has 1 aromatic heterocycles. The van der Waals surface area contributed by atoms with E-state index in [1.54, 1.807) is 0 Å². The molecule has 31 heavy (non-hydrogen) atoms. The predicted octanol–water partition coefficient (Wildman–Crippen LogP) is 2.56. The van der Waals surface area contributed by atoms with Gasteiger partial charge in [-0.1, -0.05) is 36.4 Å². The highest BCUT2D eigenvalue weighted by Gasteiger charge is 2.26. The fourth-order valence-electron chi connectivity index (χ4n) is 3.48. The molecule has 3 aromatic rings. The predicted molar refractivity (Wildman–Crippen MR) is 108 cm³/mol. The van der Waals surface area contributed by atoms with Crippen LogP contribution in [-0.4, -0.2) is 27.1 Å². The molecule has 0 unspecified atom stereocenters. The Kier molecular flexibility index (Phi) is 5.66. The first-order valence-corrected chi connectivity index (χ1v) is 9.67. The number of carbonyl (C=O) groups is 1. The molecule has 0 saturated heterocycles. The Morgan fingerprint density at radius 2 is 1.87 bits per heavy atom. The van der Waals surface area contributed by atoms with Crippen LogP contribution in [0.4, 0.5) is 13.6 Å². The van der Waals surface area contributed by atoms with E-state index in [0.717, 1.165) is 16.2 Å². The van der Waals surface area contributed by atoms with Crippen molar-refractivity contribution in [3.63, 3.8) is 0 Å². The Balaban J connectivity index is 1.54. The van der Waals surface area contributed by atoms with Crippen molar-refractivity contribution in [2.75, 3.05) is 6.54 Å². The van der Waals surface area contributed by atoms with Crippen LogP contribution in [0.25, 0.3) is 0 Å². The number of benzene rings is 2. The smallest absolute Gasteiger partial charge is 0.410 e. The number of amides is 1. The van der Waals surface area contributed by atoms with Gasteiger partial charge in [0.2, 0.25) is 0 Å². The van der Waals surface area contributed by atoms with Gasteiger partial charge in [0.15, 0.2) is 0 Å². The first-order valence-electron chi connectivity index (χ1n) is 9.67. The zero-order valence-electron chi connectivity index (χ0n) is 16.4. The van der Waals surface area contributed by atoms with E-state index in [2.05, 4.69) is 4.98 Å². The second kappa shape index (κ2) is 8.55. The van der Waals surface area contributed by atoms with Crippen LogP contribution in [0.2, 0.25) is 0 Å². The molecule has 9 heteroatoms. The number of carbonyl (C=O) groups excluding carboxylic acids is 1. The third-order valence-electron chi connectivity index (χ3n) is 5.16. The highest BCUT2D eigenvalue weighted by Crippen LogP contribution is 2.15. The van der Waals surface area contributed by atoms with Crippen molar-refractivity contribution in [3.8, 4) is 0 Å². The van der Waals surface area contributed by atoms with Crippen molar-refractivity contribution in [2.24, 2.45) is 0 Å². The fraction of sp³-hybridized carbons (Fsp3) is 0.227. The van der Waals surface area contributed by atoms with Crippen molar-refractivity contribution >= 4 is 6.09 Å². The average molecular weight is 427 g/mol. The van der Waals surface area contributed by atoms with Gasteiger partial charge in [-0.25, -0.2) is 18.4 Å². The van der Waals surface area contributed by atoms with Crippen LogP contribution < -0.4 is 11.2 Å². The lowest BCUT2D eigenvalue weighted by Gasteiger charge is -2.27. The van der Waals surface area contributed by atoms with Crippen LogP contribution in [0, 0.1) is 11.6 Å². The Bertz CT molecular complexity index is 1240. The molecule has 0 fully saturated rings. The van der Waals surface area contributed by atoms with Gasteiger partial charge >= 0.3 is 11.8 Å². The standard InChI is InChI=1S/C22H19F2N3O4/c23-16-7-6-15(18(24)10-16)11-27-20(28)17-12-26(9-8-19(17)25-21(27)29)22(30)31-13-14-4-2-1-3-5-14/h1-7,10H,8-9,11-13H2,(H,25,29). The number of ether oxygens (including phenoxy) is 1. The average Bonchev–Trinajstić information content (AvgIpc) is 2.77. The minimum atomic E-state index is -0.852. The summed E-state index contributed by atoms with van der Waals surface area (Å²) in [6.45, 7) is -0.00812. The molecule has 1 aliphatic heterocycles. The van der Waals surface area contributed by atoms with Crippen LogP contribution in [-0.2, 0) is 30.9 Å². The maximum absolute atomic E-state index is 14.0. The number of aromatic nitrogens is 2. The lowest BCUT2D eigenvalue weighted by Crippen LogP contribution is -2.45. The highest BCUT2D eigenvalue weighted by atomic mass is 19.1. The van der Waals surface area contributed by atoms with Crippen LogP contribution in [0.15, 0.2) is 58.1 Å². The summed E-state index contributed by atoms with van der Waals surface area (Å²) < 4.78 is 33.3. The van der Waals surface area contributed by atoms with E-state index in [1.807, 2.05) is 30.3 Å². The van der Waals surface area contributed by atoms with Gasteiger partial charge in [0.1, 0.15) is 18.2 Å². The molecule has 0 radical (unpaired) electrons. The summed E-state index contributed by atoms with van der Waals surface area (Å²) in [5.74, 6) is -1.60. The van der Waals surface area contributed by atoms with Gasteiger partial charge in [-0.3, -0.25) is 9.36 Å². The molecule has 2 heterocycles. The third-order valence-corrected chi connectivity index (χ3v) is 5.16. The quantitative estimate of drug-likeness (QED) is 0.694. The molecule has 0 spiro atoms. The number of aromatic amines is 1.